The Hall–Kier alpha value is -2.57. The minimum Gasteiger partial charge on any atom is -0.461 e. The lowest BCUT2D eigenvalue weighted by Crippen LogP contribution is -2.14. The molecule has 0 spiro atoms. The number of benzene rings is 1. The minimum atomic E-state index is -0.111. The van der Waals surface area contributed by atoms with Gasteiger partial charge < -0.3 is 14.7 Å². The van der Waals surface area contributed by atoms with Crippen molar-refractivity contribution in [3.05, 3.63) is 57.9 Å². The molecule has 5 nitrogen and oxygen atoms in total. The molecular weight excluding hydrogens is 346 g/mol. The van der Waals surface area contributed by atoms with Crippen LogP contribution in [-0.2, 0) is 11.2 Å². The summed E-state index contributed by atoms with van der Waals surface area (Å²) in [6.45, 7) is 0. The van der Waals surface area contributed by atoms with E-state index in [2.05, 4.69) is 15.3 Å². The number of hydrogen-bond donors (Lipinski definition) is 2. The second-order valence-electron chi connectivity index (χ2n) is 5.24. The summed E-state index contributed by atoms with van der Waals surface area (Å²) in [5.41, 5.74) is 3.17. The molecule has 0 fully saturated rings. The number of amides is 1. The van der Waals surface area contributed by atoms with E-state index in [-0.39, 0.29) is 12.3 Å². The van der Waals surface area contributed by atoms with Gasteiger partial charge in [-0.25, -0.2) is 4.98 Å². The maximum absolute atomic E-state index is 12.2. The molecule has 4 aromatic rings. The van der Waals surface area contributed by atoms with Crippen molar-refractivity contribution in [1.82, 2.24) is 9.97 Å². The van der Waals surface area contributed by atoms with Crippen LogP contribution in [0.5, 0.6) is 0 Å². The molecule has 1 amide bonds. The highest BCUT2D eigenvalue weighted by Crippen LogP contribution is 2.25. The summed E-state index contributed by atoms with van der Waals surface area (Å²) in [5.74, 6) is 1.22. The fourth-order valence-corrected chi connectivity index (χ4v) is 3.37. The summed E-state index contributed by atoms with van der Waals surface area (Å²) in [6.07, 6.45) is 1.85. The van der Waals surface area contributed by atoms with E-state index >= 15 is 0 Å². The van der Waals surface area contributed by atoms with Gasteiger partial charge in [-0.1, -0.05) is 11.6 Å². The van der Waals surface area contributed by atoms with Crippen LogP contribution >= 0.6 is 22.9 Å². The predicted molar refractivity (Wildman–Crippen MR) is 95.5 cm³/mol. The van der Waals surface area contributed by atoms with E-state index in [9.17, 15) is 4.79 Å². The third-order valence-electron chi connectivity index (χ3n) is 3.56. The molecule has 0 aliphatic heterocycles. The molecule has 7 heteroatoms. The van der Waals surface area contributed by atoms with Crippen molar-refractivity contribution >= 4 is 45.6 Å². The van der Waals surface area contributed by atoms with Gasteiger partial charge in [-0.3, -0.25) is 4.79 Å². The summed E-state index contributed by atoms with van der Waals surface area (Å²) in [6, 6.07) is 11.0. The first-order valence-electron chi connectivity index (χ1n) is 7.24. The lowest BCUT2D eigenvalue weighted by atomic mass is 10.2. The topological polar surface area (TPSA) is 70.9 Å². The number of rotatable bonds is 4. The molecule has 2 N–H and O–H groups in total. The number of aromatic amines is 1. The molecule has 3 aromatic heterocycles. The number of aromatic nitrogens is 2. The number of furan rings is 1. The molecule has 0 atom stereocenters. The van der Waals surface area contributed by atoms with Gasteiger partial charge in [-0.15, -0.1) is 11.3 Å². The first-order valence-corrected chi connectivity index (χ1v) is 8.50. The SMILES string of the molecule is O=C(Cc1ccsc1Cl)Nc1ccc2nc(-c3ccco3)[nH]c2c1. The Bertz CT molecular complexity index is 1000. The number of nitrogens with one attached hydrogen (secondary N) is 2. The van der Waals surface area contributed by atoms with Crippen LogP contribution in [0.25, 0.3) is 22.6 Å². The summed E-state index contributed by atoms with van der Waals surface area (Å²) in [5, 5.41) is 4.75. The quantitative estimate of drug-likeness (QED) is 0.555. The Kier molecular flexibility index (Phi) is 3.84. The number of anilines is 1. The fourth-order valence-electron chi connectivity index (χ4n) is 2.44. The minimum absolute atomic E-state index is 0.111. The molecule has 0 bridgehead atoms. The van der Waals surface area contributed by atoms with Crippen LogP contribution in [0, 0.1) is 0 Å². The Morgan fingerprint density at radius 2 is 2.25 bits per heavy atom. The van der Waals surface area contributed by atoms with Gasteiger partial charge in [0.25, 0.3) is 0 Å². The lowest BCUT2D eigenvalue weighted by Gasteiger charge is -2.04. The van der Waals surface area contributed by atoms with Gasteiger partial charge in [0.15, 0.2) is 11.6 Å². The number of carbonyl (C=O) groups excluding carboxylic acids is 1. The first-order chi connectivity index (χ1) is 11.7. The average Bonchev–Trinajstić information content (AvgIpc) is 3.28. The molecule has 3 heterocycles. The van der Waals surface area contributed by atoms with Crippen LogP contribution in [-0.4, -0.2) is 15.9 Å². The zero-order chi connectivity index (χ0) is 16.5. The van der Waals surface area contributed by atoms with Crippen LogP contribution in [0.2, 0.25) is 4.34 Å². The number of fused-ring (bicyclic) bond motifs is 1. The molecule has 120 valence electrons. The maximum atomic E-state index is 12.2. The zero-order valence-corrected chi connectivity index (χ0v) is 13.9. The molecule has 0 radical (unpaired) electrons. The van der Waals surface area contributed by atoms with Crippen molar-refractivity contribution < 1.29 is 9.21 Å². The largest absolute Gasteiger partial charge is 0.461 e. The van der Waals surface area contributed by atoms with Crippen molar-refractivity contribution in [3.8, 4) is 11.6 Å². The number of hydrogen-bond acceptors (Lipinski definition) is 4. The Labute approximate surface area is 146 Å². The number of H-pyrrole nitrogens is 1. The number of carbonyl (C=O) groups is 1. The van der Waals surface area contributed by atoms with Crippen molar-refractivity contribution in [2.24, 2.45) is 0 Å². The summed E-state index contributed by atoms with van der Waals surface area (Å²) in [7, 11) is 0. The van der Waals surface area contributed by atoms with Crippen LogP contribution in [0.3, 0.4) is 0 Å². The van der Waals surface area contributed by atoms with Gasteiger partial charge in [0.2, 0.25) is 5.91 Å². The van der Waals surface area contributed by atoms with Crippen LogP contribution < -0.4 is 5.32 Å². The third kappa shape index (κ3) is 2.93. The standard InChI is InChI=1S/C17H12ClN3O2S/c18-16-10(5-7-24-16)8-15(22)19-11-3-4-12-13(9-11)21-17(20-12)14-2-1-6-23-14/h1-7,9H,8H2,(H,19,22)(H,20,21). The first kappa shape index (κ1) is 15.0. The molecule has 0 aliphatic rings. The number of halogens is 1. The van der Waals surface area contributed by atoms with E-state index in [4.69, 9.17) is 16.0 Å². The summed E-state index contributed by atoms with van der Waals surface area (Å²) in [4.78, 5) is 19.8. The van der Waals surface area contributed by atoms with Crippen LogP contribution in [0.4, 0.5) is 5.69 Å². The number of thiophene rings is 1. The monoisotopic (exact) mass is 357 g/mol. The number of imidazole rings is 1. The number of nitrogens with zero attached hydrogens (tertiary/aromatic N) is 1. The van der Waals surface area contributed by atoms with E-state index in [0.29, 0.717) is 21.6 Å². The molecule has 1 aromatic carbocycles. The lowest BCUT2D eigenvalue weighted by molar-refractivity contribution is -0.115. The summed E-state index contributed by atoms with van der Waals surface area (Å²) >= 11 is 7.45. The predicted octanol–water partition coefficient (Wildman–Crippen LogP) is 4.72. The summed E-state index contributed by atoms with van der Waals surface area (Å²) < 4.78 is 5.99. The highest BCUT2D eigenvalue weighted by molar-refractivity contribution is 7.14. The van der Waals surface area contributed by atoms with Crippen LogP contribution in [0.15, 0.2) is 52.5 Å². The molecule has 0 aliphatic carbocycles. The van der Waals surface area contributed by atoms with E-state index in [1.165, 1.54) is 11.3 Å². The van der Waals surface area contributed by atoms with Gasteiger partial charge >= 0.3 is 0 Å². The Morgan fingerprint density at radius 1 is 1.33 bits per heavy atom. The van der Waals surface area contributed by atoms with Crippen molar-refractivity contribution in [2.45, 2.75) is 6.42 Å². The molecule has 4 rings (SSSR count). The Morgan fingerprint density at radius 3 is 3.00 bits per heavy atom. The average molecular weight is 358 g/mol. The second-order valence-corrected chi connectivity index (χ2v) is 6.76. The molecule has 0 saturated carbocycles. The maximum Gasteiger partial charge on any atom is 0.228 e. The smallest absolute Gasteiger partial charge is 0.228 e. The van der Waals surface area contributed by atoms with E-state index in [1.54, 1.807) is 6.26 Å². The molecule has 24 heavy (non-hydrogen) atoms. The fraction of sp³-hybridized carbons (Fsp3) is 0.0588. The van der Waals surface area contributed by atoms with E-state index < -0.39 is 0 Å². The Balaban J connectivity index is 1.54. The van der Waals surface area contributed by atoms with Gasteiger partial charge in [0, 0.05) is 5.69 Å². The van der Waals surface area contributed by atoms with Gasteiger partial charge in [-0.2, -0.15) is 0 Å². The van der Waals surface area contributed by atoms with Crippen LogP contribution in [0.1, 0.15) is 5.56 Å². The van der Waals surface area contributed by atoms with Crippen molar-refractivity contribution in [2.75, 3.05) is 5.32 Å². The third-order valence-corrected chi connectivity index (χ3v) is 4.82. The van der Waals surface area contributed by atoms with Gasteiger partial charge in [0.05, 0.1) is 28.1 Å². The highest BCUT2D eigenvalue weighted by atomic mass is 35.5. The molecular formula is C17H12ClN3O2S. The zero-order valence-electron chi connectivity index (χ0n) is 12.4. The molecule has 0 unspecified atom stereocenters. The highest BCUT2D eigenvalue weighted by Gasteiger charge is 2.11. The molecule has 0 saturated heterocycles. The normalized spacial score (nSPS) is 11.0. The van der Waals surface area contributed by atoms with Gasteiger partial charge in [0.1, 0.15) is 0 Å². The van der Waals surface area contributed by atoms with E-state index in [1.807, 2.05) is 41.8 Å². The van der Waals surface area contributed by atoms with Crippen molar-refractivity contribution in [1.29, 1.82) is 0 Å². The second kappa shape index (κ2) is 6.14. The van der Waals surface area contributed by atoms with Gasteiger partial charge in [-0.05, 0) is 47.3 Å². The van der Waals surface area contributed by atoms with Crippen molar-refractivity contribution in [3.63, 3.8) is 0 Å². The van der Waals surface area contributed by atoms with E-state index in [0.717, 1.165) is 16.6 Å².